The van der Waals surface area contributed by atoms with Crippen LogP contribution in [0, 0.1) is 0 Å². The maximum atomic E-state index is 11.9. The molecule has 0 rings (SSSR count). The second kappa shape index (κ2) is 11.4. The van der Waals surface area contributed by atoms with Crippen LogP contribution in [-0.2, 0) is 19.2 Å². The minimum atomic E-state index is -1.32. The van der Waals surface area contributed by atoms with Gasteiger partial charge in [0.05, 0.1) is 13.1 Å². The van der Waals surface area contributed by atoms with E-state index in [9.17, 15) is 19.2 Å². The van der Waals surface area contributed by atoms with Gasteiger partial charge in [0.25, 0.3) is 0 Å². The van der Waals surface area contributed by atoms with Crippen molar-refractivity contribution in [1.29, 1.82) is 0 Å². The number of carbonyl (C=O) groups excluding carboxylic acids is 1. The van der Waals surface area contributed by atoms with E-state index in [1.807, 2.05) is 6.92 Å². The molecule has 0 bridgehead atoms. The third kappa shape index (κ3) is 11.1. The summed E-state index contributed by atoms with van der Waals surface area (Å²) >= 11 is 0. The number of amides is 1. The van der Waals surface area contributed by atoms with Gasteiger partial charge in [-0.3, -0.25) is 19.3 Å². The lowest BCUT2D eigenvalue weighted by atomic mass is 10.1. The summed E-state index contributed by atoms with van der Waals surface area (Å²) in [6.07, 6.45) is 1.97. The Hall–Kier alpha value is -2.16. The highest BCUT2D eigenvalue weighted by Gasteiger charge is 2.22. The predicted octanol–water partition coefficient (Wildman–Crippen LogP) is -0.00260. The summed E-state index contributed by atoms with van der Waals surface area (Å²) < 4.78 is 0. The summed E-state index contributed by atoms with van der Waals surface area (Å²) in [5.74, 6) is -4.19. The number of unbranched alkanes of at least 4 members (excludes halogenated alkanes) is 2. The number of hydrogen-bond acceptors (Lipinski definition) is 5. The van der Waals surface area contributed by atoms with Crippen molar-refractivity contribution >= 4 is 23.8 Å². The molecule has 4 N–H and O–H groups in total. The second-order valence-corrected chi connectivity index (χ2v) is 5.20. The molecule has 9 nitrogen and oxygen atoms in total. The fraction of sp³-hybridized carbons (Fsp3) is 0.714. The number of carboxylic acid groups (broad SMARTS) is 3. The lowest BCUT2D eigenvalue weighted by Crippen LogP contribution is -2.46. The number of nitrogens with one attached hydrogen (secondary N) is 1. The van der Waals surface area contributed by atoms with Gasteiger partial charge in [0.15, 0.2) is 0 Å². The van der Waals surface area contributed by atoms with Crippen molar-refractivity contribution in [2.24, 2.45) is 0 Å². The first-order chi connectivity index (χ1) is 10.8. The van der Waals surface area contributed by atoms with Gasteiger partial charge in [-0.2, -0.15) is 0 Å². The Morgan fingerprint density at radius 3 is 2.13 bits per heavy atom. The average Bonchev–Trinajstić information content (AvgIpc) is 2.42. The first kappa shape index (κ1) is 20.8. The van der Waals surface area contributed by atoms with E-state index >= 15 is 0 Å². The molecule has 0 radical (unpaired) electrons. The molecule has 9 heteroatoms. The Morgan fingerprint density at radius 2 is 1.65 bits per heavy atom. The molecular formula is C14H24N2O7. The maximum absolute atomic E-state index is 11.9. The molecule has 0 aliphatic rings. The van der Waals surface area contributed by atoms with Gasteiger partial charge in [0.1, 0.15) is 6.04 Å². The van der Waals surface area contributed by atoms with Gasteiger partial charge in [-0.05, 0) is 19.4 Å². The number of aliphatic carboxylic acids is 3. The van der Waals surface area contributed by atoms with Crippen LogP contribution < -0.4 is 5.32 Å². The minimum Gasteiger partial charge on any atom is -0.481 e. The van der Waals surface area contributed by atoms with Gasteiger partial charge in [-0.1, -0.05) is 19.8 Å². The van der Waals surface area contributed by atoms with Crippen molar-refractivity contribution in [2.45, 2.75) is 45.1 Å². The first-order valence-corrected chi connectivity index (χ1v) is 7.44. The summed E-state index contributed by atoms with van der Waals surface area (Å²) in [4.78, 5) is 45.6. The Kier molecular flexibility index (Phi) is 10.3. The zero-order chi connectivity index (χ0) is 17.8. The van der Waals surface area contributed by atoms with E-state index in [2.05, 4.69) is 5.32 Å². The van der Waals surface area contributed by atoms with E-state index in [1.54, 1.807) is 0 Å². The van der Waals surface area contributed by atoms with E-state index in [0.717, 1.165) is 19.3 Å². The quantitative estimate of drug-likeness (QED) is 0.345. The highest BCUT2D eigenvalue weighted by Crippen LogP contribution is 2.01. The molecule has 0 saturated carbocycles. The van der Waals surface area contributed by atoms with Crippen molar-refractivity contribution in [3.05, 3.63) is 0 Å². The molecule has 132 valence electrons. The van der Waals surface area contributed by atoms with Gasteiger partial charge in [-0.15, -0.1) is 0 Å². The molecule has 0 aliphatic heterocycles. The minimum absolute atomic E-state index is 0.231. The fourth-order valence-electron chi connectivity index (χ4n) is 1.96. The molecular weight excluding hydrogens is 308 g/mol. The normalized spacial score (nSPS) is 11.9. The Balaban J connectivity index is 4.52. The van der Waals surface area contributed by atoms with Crippen LogP contribution in [0.1, 0.15) is 39.0 Å². The van der Waals surface area contributed by atoms with Gasteiger partial charge in [0, 0.05) is 6.42 Å². The van der Waals surface area contributed by atoms with Crippen LogP contribution in [0.3, 0.4) is 0 Å². The van der Waals surface area contributed by atoms with Crippen molar-refractivity contribution in [3.63, 3.8) is 0 Å². The molecule has 0 aromatic carbocycles. The third-order valence-corrected chi connectivity index (χ3v) is 3.08. The van der Waals surface area contributed by atoms with Gasteiger partial charge in [-0.25, -0.2) is 4.79 Å². The van der Waals surface area contributed by atoms with Crippen LogP contribution in [0.25, 0.3) is 0 Å². The maximum Gasteiger partial charge on any atom is 0.326 e. The number of carboxylic acids is 3. The summed E-state index contributed by atoms with van der Waals surface area (Å²) in [6, 6.07) is -1.30. The van der Waals surface area contributed by atoms with Gasteiger partial charge in [0.2, 0.25) is 5.91 Å². The molecule has 0 unspecified atom stereocenters. The molecule has 1 atom stereocenters. The predicted molar refractivity (Wildman–Crippen MR) is 80.0 cm³/mol. The van der Waals surface area contributed by atoms with Crippen LogP contribution in [0.2, 0.25) is 0 Å². The lowest BCUT2D eigenvalue weighted by Gasteiger charge is -2.21. The fourth-order valence-corrected chi connectivity index (χ4v) is 1.96. The number of hydrogen-bond donors (Lipinski definition) is 4. The van der Waals surface area contributed by atoms with E-state index in [1.165, 1.54) is 4.90 Å². The lowest BCUT2D eigenvalue weighted by molar-refractivity contribution is -0.144. The molecule has 0 fully saturated rings. The zero-order valence-electron chi connectivity index (χ0n) is 13.2. The number of nitrogens with zero attached hydrogens (tertiary/aromatic N) is 1. The van der Waals surface area contributed by atoms with Crippen LogP contribution in [0.15, 0.2) is 0 Å². The second-order valence-electron chi connectivity index (χ2n) is 5.20. The topological polar surface area (TPSA) is 144 Å². The number of carbonyl (C=O) groups is 4. The highest BCUT2D eigenvalue weighted by atomic mass is 16.4. The van der Waals surface area contributed by atoms with E-state index in [4.69, 9.17) is 15.3 Å². The Labute approximate surface area is 134 Å². The van der Waals surface area contributed by atoms with Crippen LogP contribution in [-0.4, -0.2) is 69.7 Å². The monoisotopic (exact) mass is 332 g/mol. The third-order valence-electron chi connectivity index (χ3n) is 3.08. The standard InChI is InChI=1S/C14H24N2O7/c1-2-3-4-7-16(9-13(20)21)8-11(17)15-10(14(22)23)5-6-12(18)19/h10H,2-9H2,1H3,(H,15,17)(H,18,19)(H,20,21)(H,22,23)/t10-/m0/s1. The molecule has 0 spiro atoms. The van der Waals surface area contributed by atoms with Gasteiger partial charge >= 0.3 is 17.9 Å². The highest BCUT2D eigenvalue weighted by molar-refractivity contribution is 5.85. The van der Waals surface area contributed by atoms with Crippen LogP contribution in [0.5, 0.6) is 0 Å². The number of rotatable bonds is 13. The van der Waals surface area contributed by atoms with Crippen molar-refractivity contribution in [1.82, 2.24) is 10.2 Å². The van der Waals surface area contributed by atoms with Crippen molar-refractivity contribution in [2.75, 3.05) is 19.6 Å². The first-order valence-electron chi connectivity index (χ1n) is 7.44. The summed E-state index contributed by atoms with van der Waals surface area (Å²) in [5.41, 5.74) is 0. The van der Waals surface area contributed by atoms with Crippen molar-refractivity contribution in [3.8, 4) is 0 Å². The SMILES string of the molecule is CCCCCN(CC(=O)O)CC(=O)N[C@@H](CCC(=O)O)C(=O)O. The molecule has 1 amide bonds. The Bertz CT molecular complexity index is 425. The summed E-state index contributed by atoms with van der Waals surface area (Å²) in [7, 11) is 0. The average molecular weight is 332 g/mol. The van der Waals surface area contributed by atoms with E-state index < -0.39 is 29.9 Å². The van der Waals surface area contributed by atoms with E-state index in [0.29, 0.717) is 6.54 Å². The Morgan fingerprint density at radius 1 is 1.00 bits per heavy atom. The summed E-state index contributed by atoms with van der Waals surface area (Å²) in [6.45, 7) is 1.85. The summed E-state index contributed by atoms with van der Waals surface area (Å²) in [5, 5.41) is 28.6. The van der Waals surface area contributed by atoms with Gasteiger partial charge < -0.3 is 20.6 Å². The molecule has 23 heavy (non-hydrogen) atoms. The molecule has 0 saturated heterocycles. The molecule has 0 aromatic rings. The van der Waals surface area contributed by atoms with Crippen LogP contribution in [0.4, 0.5) is 0 Å². The zero-order valence-corrected chi connectivity index (χ0v) is 13.2. The molecule has 0 aromatic heterocycles. The van der Waals surface area contributed by atoms with E-state index in [-0.39, 0.29) is 25.9 Å². The van der Waals surface area contributed by atoms with Crippen LogP contribution >= 0.6 is 0 Å². The molecule has 0 heterocycles. The van der Waals surface area contributed by atoms with Crippen molar-refractivity contribution < 1.29 is 34.5 Å². The smallest absolute Gasteiger partial charge is 0.326 e. The molecule has 0 aliphatic carbocycles. The largest absolute Gasteiger partial charge is 0.481 e.